The highest BCUT2D eigenvalue weighted by molar-refractivity contribution is 7.89. The van der Waals surface area contributed by atoms with E-state index in [1.807, 2.05) is 60.7 Å². The molecule has 2 amide bonds. The van der Waals surface area contributed by atoms with Gasteiger partial charge in [0.1, 0.15) is 11.8 Å². The molecule has 0 radical (unpaired) electrons. The minimum atomic E-state index is -3.68. The Labute approximate surface area is 285 Å². The summed E-state index contributed by atoms with van der Waals surface area (Å²) >= 11 is 12.4. The Bertz CT molecular complexity index is 1750. The van der Waals surface area contributed by atoms with Crippen molar-refractivity contribution in [2.24, 2.45) is 0 Å². The lowest BCUT2D eigenvalue weighted by atomic mass is 10.0. The van der Waals surface area contributed by atoms with Gasteiger partial charge in [0.25, 0.3) is 5.91 Å². The summed E-state index contributed by atoms with van der Waals surface area (Å²) < 4.78 is 38.5. The zero-order chi connectivity index (χ0) is 33.2. The molecule has 0 saturated carbocycles. The van der Waals surface area contributed by atoms with Gasteiger partial charge in [0.05, 0.1) is 18.1 Å². The number of morpholine rings is 1. The van der Waals surface area contributed by atoms with Crippen LogP contribution in [0.2, 0.25) is 10.0 Å². The minimum Gasteiger partial charge on any atom is -0.484 e. The predicted molar refractivity (Wildman–Crippen MR) is 181 cm³/mol. The predicted octanol–water partition coefficient (Wildman–Crippen LogP) is 5.35. The summed E-state index contributed by atoms with van der Waals surface area (Å²) in [5.74, 6) is -0.457. The van der Waals surface area contributed by atoms with E-state index in [1.54, 1.807) is 18.2 Å². The molecule has 0 aliphatic carbocycles. The van der Waals surface area contributed by atoms with E-state index in [0.717, 1.165) is 11.1 Å². The number of hydrogen-bond donors (Lipinski definition) is 1. The van der Waals surface area contributed by atoms with Crippen molar-refractivity contribution in [2.45, 2.75) is 30.4 Å². The molecule has 1 heterocycles. The van der Waals surface area contributed by atoms with Crippen LogP contribution in [-0.4, -0.2) is 68.4 Å². The summed E-state index contributed by atoms with van der Waals surface area (Å²) in [6.45, 7) is 1.20. The maximum absolute atomic E-state index is 13.9. The van der Waals surface area contributed by atoms with Gasteiger partial charge in [-0.3, -0.25) is 9.59 Å². The summed E-state index contributed by atoms with van der Waals surface area (Å²) in [6.07, 6.45) is 0.258. The number of carbonyl (C=O) groups excluding carboxylic acids is 2. The van der Waals surface area contributed by atoms with Crippen LogP contribution < -0.4 is 10.1 Å². The Morgan fingerprint density at radius 2 is 1.51 bits per heavy atom. The fourth-order valence-corrected chi connectivity index (χ4v) is 7.05. The maximum atomic E-state index is 13.9. The van der Waals surface area contributed by atoms with E-state index in [1.165, 1.54) is 33.5 Å². The van der Waals surface area contributed by atoms with Crippen LogP contribution in [-0.2, 0) is 43.9 Å². The molecule has 47 heavy (non-hydrogen) atoms. The lowest BCUT2D eigenvalue weighted by Crippen LogP contribution is -2.51. The average Bonchev–Trinajstić information content (AvgIpc) is 3.09. The van der Waals surface area contributed by atoms with E-state index in [4.69, 9.17) is 32.7 Å². The van der Waals surface area contributed by atoms with Crippen molar-refractivity contribution in [1.29, 1.82) is 0 Å². The van der Waals surface area contributed by atoms with E-state index >= 15 is 0 Å². The number of amides is 2. The highest BCUT2D eigenvalue weighted by atomic mass is 35.5. The van der Waals surface area contributed by atoms with Crippen LogP contribution in [0.15, 0.2) is 108 Å². The van der Waals surface area contributed by atoms with Crippen molar-refractivity contribution in [3.63, 3.8) is 0 Å². The summed E-state index contributed by atoms with van der Waals surface area (Å²) in [4.78, 5) is 29.5. The summed E-state index contributed by atoms with van der Waals surface area (Å²) in [7, 11) is -3.68. The molecule has 12 heteroatoms. The Kier molecular flexibility index (Phi) is 11.9. The van der Waals surface area contributed by atoms with Gasteiger partial charge >= 0.3 is 0 Å². The van der Waals surface area contributed by atoms with E-state index < -0.39 is 22.0 Å². The van der Waals surface area contributed by atoms with Crippen LogP contribution >= 0.6 is 23.2 Å². The van der Waals surface area contributed by atoms with E-state index in [2.05, 4.69) is 5.32 Å². The Morgan fingerprint density at radius 1 is 0.872 bits per heavy atom. The summed E-state index contributed by atoms with van der Waals surface area (Å²) in [5.41, 5.74) is 2.40. The molecule has 0 spiro atoms. The van der Waals surface area contributed by atoms with Crippen LogP contribution in [0.1, 0.15) is 16.7 Å². The number of rotatable bonds is 13. The first-order valence-corrected chi connectivity index (χ1v) is 17.3. The Hall–Kier alpha value is -3.93. The number of halogens is 2. The van der Waals surface area contributed by atoms with E-state index in [-0.39, 0.29) is 50.0 Å². The SMILES string of the molecule is O=C(NCc1ccc(Cl)cc1Cl)[C@@H](Cc1ccccc1)N(Cc1ccccc1)C(=O)COc1ccc(S(=O)(=O)N2CCOCC2)cc1. The van der Waals surface area contributed by atoms with Gasteiger partial charge < -0.3 is 19.7 Å². The van der Waals surface area contributed by atoms with Crippen LogP contribution in [0.5, 0.6) is 5.75 Å². The Morgan fingerprint density at radius 3 is 2.15 bits per heavy atom. The number of benzene rings is 4. The number of hydrogen-bond acceptors (Lipinski definition) is 6. The molecule has 4 aromatic carbocycles. The topological polar surface area (TPSA) is 105 Å². The first-order chi connectivity index (χ1) is 22.7. The van der Waals surface area contributed by atoms with Crippen LogP contribution in [0.4, 0.5) is 0 Å². The van der Waals surface area contributed by atoms with Crippen molar-refractivity contribution >= 4 is 45.0 Å². The molecule has 5 rings (SSSR count). The molecule has 1 atom stereocenters. The van der Waals surface area contributed by atoms with Crippen molar-refractivity contribution in [3.8, 4) is 5.75 Å². The van der Waals surface area contributed by atoms with Crippen molar-refractivity contribution in [1.82, 2.24) is 14.5 Å². The second-order valence-electron chi connectivity index (χ2n) is 10.9. The molecule has 1 fully saturated rings. The summed E-state index contributed by atoms with van der Waals surface area (Å²) in [5, 5.41) is 3.86. The van der Waals surface area contributed by atoms with Gasteiger partial charge in [-0.15, -0.1) is 0 Å². The second kappa shape index (κ2) is 16.3. The smallest absolute Gasteiger partial charge is 0.261 e. The molecule has 1 N–H and O–H groups in total. The standard InChI is InChI=1S/C35H35Cl2N3O6S/c36-29-12-11-28(32(37)22-29)23-38-35(42)33(21-26-7-3-1-4-8-26)40(24-27-9-5-2-6-10-27)34(41)25-46-30-13-15-31(16-14-30)47(43,44)39-17-19-45-20-18-39/h1-16,22,33H,17-21,23-25H2,(H,38,42)/t33-/m1/s1. The molecule has 0 bridgehead atoms. The van der Waals surface area contributed by atoms with Crippen LogP contribution in [0.25, 0.3) is 0 Å². The molecule has 0 aromatic heterocycles. The average molecular weight is 697 g/mol. The fraction of sp³-hybridized carbons (Fsp3) is 0.257. The molecule has 1 aliphatic heterocycles. The zero-order valence-corrected chi connectivity index (χ0v) is 27.9. The molecule has 0 unspecified atom stereocenters. The molecule has 246 valence electrons. The normalized spacial score (nSPS) is 14.3. The quantitative estimate of drug-likeness (QED) is 0.202. The lowest BCUT2D eigenvalue weighted by Gasteiger charge is -2.31. The molecule has 9 nitrogen and oxygen atoms in total. The van der Waals surface area contributed by atoms with Gasteiger partial charge in [0, 0.05) is 42.6 Å². The second-order valence-corrected chi connectivity index (χ2v) is 13.7. The van der Waals surface area contributed by atoms with Gasteiger partial charge in [-0.2, -0.15) is 4.31 Å². The van der Waals surface area contributed by atoms with Crippen molar-refractivity contribution in [3.05, 3.63) is 130 Å². The first kappa shape index (κ1) is 34.4. The number of sulfonamides is 1. The molecular formula is C35H35Cl2N3O6S. The third kappa shape index (κ3) is 9.33. The van der Waals surface area contributed by atoms with Gasteiger partial charge in [-0.1, -0.05) is 89.9 Å². The van der Waals surface area contributed by atoms with Crippen LogP contribution in [0.3, 0.4) is 0 Å². The lowest BCUT2D eigenvalue weighted by molar-refractivity contribution is -0.142. The first-order valence-electron chi connectivity index (χ1n) is 15.1. The highest BCUT2D eigenvalue weighted by Gasteiger charge is 2.31. The number of nitrogens with zero attached hydrogens (tertiary/aromatic N) is 2. The number of nitrogens with one attached hydrogen (secondary N) is 1. The number of ether oxygens (including phenoxy) is 2. The molecular weight excluding hydrogens is 661 g/mol. The van der Waals surface area contributed by atoms with E-state index in [9.17, 15) is 18.0 Å². The highest BCUT2D eigenvalue weighted by Crippen LogP contribution is 2.23. The molecule has 1 saturated heterocycles. The largest absolute Gasteiger partial charge is 0.484 e. The maximum Gasteiger partial charge on any atom is 0.261 e. The minimum absolute atomic E-state index is 0.129. The van der Waals surface area contributed by atoms with Gasteiger partial charge in [0.15, 0.2) is 6.61 Å². The molecule has 4 aromatic rings. The third-order valence-electron chi connectivity index (χ3n) is 7.73. The van der Waals surface area contributed by atoms with Crippen molar-refractivity contribution < 1.29 is 27.5 Å². The van der Waals surface area contributed by atoms with Gasteiger partial charge in [0.2, 0.25) is 15.9 Å². The van der Waals surface area contributed by atoms with Crippen LogP contribution in [0, 0.1) is 0 Å². The molecule has 1 aliphatic rings. The van der Waals surface area contributed by atoms with Gasteiger partial charge in [-0.25, -0.2) is 8.42 Å². The van der Waals surface area contributed by atoms with E-state index in [0.29, 0.717) is 34.6 Å². The third-order valence-corrected chi connectivity index (χ3v) is 10.2. The fourth-order valence-electron chi connectivity index (χ4n) is 5.17. The monoisotopic (exact) mass is 695 g/mol. The summed E-state index contributed by atoms with van der Waals surface area (Å²) in [6, 6.07) is 29.0. The zero-order valence-electron chi connectivity index (χ0n) is 25.6. The Balaban J connectivity index is 1.35. The van der Waals surface area contributed by atoms with Crippen molar-refractivity contribution in [2.75, 3.05) is 32.9 Å². The number of carbonyl (C=O) groups is 2. The van der Waals surface area contributed by atoms with Gasteiger partial charge in [-0.05, 0) is 53.1 Å².